The Bertz CT molecular complexity index is 1070. The van der Waals surface area contributed by atoms with Crippen LogP contribution in [0.4, 0.5) is 5.69 Å². The van der Waals surface area contributed by atoms with Crippen molar-refractivity contribution in [2.75, 3.05) is 4.72 Å². The van der Waals surface area contributed by atoms with Gasteiger partial charge in [0.1, 0.15) is 4.90 Å². The molecule has 120 valence electrons. The molecule has 6 nitrogen and oxygen atoms in total. The van der Waals surface area contributed by atoms with Crippen LogP contribution in [-0.4, -0.2) is 13.0 Å². The van der Waals surface area contributed by atoms with Crippen molar-refractivity contribution in [2.24, 2.45) is 7.05 Å². The number of aryl methyl sites for hydroxylation is 1. The fourth-order valence-corrected chi connectivity index (χ4v) is 3.94. The summed E-state index contributed by atoms with van der Waals surface area (Å²) in [7, 11) is -2.50. The largest absolute Gasteiger partial charge is 0.419 e. The number of sulfonamides is 1. The molecular weight excluding hydrogens is 363 g/mol. The van der Waals surface area contributed by atoms with Gasteiger partial charge in [-0.3, -0.25) is 9.29 Å². The zero-order valence-corrected chi connectivity index (χ0v) is 14.0. The lowest BCUT2D eigenvalue weighted by atomic mass is 10.3. The normalized spacial score (nSPS) is 11.8. The lowest BCUT2D eigenvalue weighted by Crippen LogP contribution is -2.14. The molecule has 0 aliphatic heterocycles. The molecule has 0 saturated carbocycles. The van der Waals surface area contributed by atoms with E-state index < -0.39 is 15.8 Å². The maximum atomic E-state index is 12.5. The van der Waals surface area contributed by atoms with Crippen molar-refractivity contribution in [2.45, 2.75) is 4.90 Å². The van der Waals surface area contributed by atoms with Gasteiger partial charge in [-0.05, 0) is 18.2 Å². The van der Waals surface area contributed by atoms with Gasteiger partial charge in [-0.1, -0.05) is 35.3 Å². The van der Waals surface area contributed by atoms with Crippen LogP contribution < -0.4 is 10.5 Å². The molecule has 1 heterocycles. The number of aromatic nitrogens is 1. The van der Waals surface area contributed by atoms with Gasteiger partial charge in [-0.25, -0.2) is 13.2 Å². The molecular formula is C14H10Cl2N2O4S. The van der Waals surface area contributed by atoms with Crippen molar-refractivity contribution in [3.63, 3.8) is 0 Å². The van der Waals surface area contributed by atoms with Gasteiger partial charge in [0, 0.05) is 13.1 Å². The Kier molecular flexibility index (Phi) is 3.87. The molecule has 0 amide bonds. The number of nitrogens with one attached hydrogen (secondary N) is 1. The van der Waals surface area contributed by atoms with E-state index in [0.717, 1.165) is 0 Å². The van der Waals surface area contributed by atoms with Crippen LogP contribution in [0.1, 0.15) is 0 Å². The van der Waals surface area contributed by atoms with Gasteiger partial charge in [0.2, 0.25) is 0 Å². The molecule has 0 aliphatic carbocycles. The van der Waals surface area contributed by atoms with E-state index in [4.69, 9.17) is 27.6 Å². The molecule has 1 N–H and O–H groups in total. The lowest BCUT2D eigenvalue weighted by Gasteiger charge is -2.10. The summed E-state index contributed by atoms with van der Waals surface area (Å²) in [6.07, 6.45) is 0. The predicted octanol–water partition coefficient (Wildman–Crippen LogP) is 3.24. The fraction of sp³-hybridized carbons (Fsp3) is 0.0714. The second-order valence-electron chi connectivity index (χ2n) is 4.76. The SMILES string of the molecule is Cn1c(=O)oc2cc(S(=O)(=O)Nc3ccccc3Cl)c(Cl)cc21. The van der Waals surface area contributed by atoms with Crippen LogP contribution in [0.15, 0.2) is 50.5 Å². The van der Waals surface area contributed by atoms with Crippen LogP contribution in [0.5, 0.6) is 0 Å². The molecule has 23 heavy (non-hydrogen) atoms. The van der Waals surface area contributed by atoms with Crippen molar-refractivity contribution in [1.82, 2.24) is 4.57 Å². The summed E-state index contributed by atoms with van der Waals surface area (Å²) in [5.74, 6) is -0.607. The van der Waals surface area contributed by atoms with Crippen LogP contribution in [0, 0.1) is 0 Å². The highest BCUT2D eigenvalue weighted by Crippen LogP contribution is 2.30. The molecule has 3 rings (SSSR count). The number of benzene rings is 2. The summed E-state index contributed by atoms with van der Waals surface area (Å²) in [6, 6.07) is 8.97. The Morgan fingerprint density at radius 3 is 2.52 bits per heavy atom. The minimum absolute atomic E-state index is 0.0338. The Morgan fingerprint density at radius 2 is 1.83 bits per heavy atom. The third-order valence-electron chi connectivity index (χ3n) is 3.25. The molecule has 0 bridgehead atoms. The first-order valence-corrected chi connectivity index (χ1v) is 8.60. The lowest BCUT2D eigenvalue weighted by molar-refractivity contribution is 0.527. The van der Waals surface area contributed by atoms with Gasteiger partial charge < -0.3 is 4.42 Å². The van der Waals surface area contributed by atoms with Crippen LogP contribution in [0.25, 0.3) is 11.1 Å². The maximum Gasteiger partial charge on any atom is 0.419 e. The van der Waals surface area contributed by atoms with Gasteiger partial charge in [0.15, 0.2) is 5.58 Å². The number of oxazole rings is 1. The van der Waals surface area contributed by atoms with Crippen molar-refractivity contribution in [1.29, 1.82) is 0 Å². The molecule has 1 aromatic heterocycles. The first kappa shape index (κ1) is 15.9. The zero-order valence-electron chi connectivity index (χ0n) is 11.7. The minimum atomic E-state index is -4.00. The van der Waals surface area contributed by atoms with Crippen LogP contribution >= 0.6 is 23.2 Å². The molecule has 0 radical (unpaired) electrons. The van der Waals surface area contributed by atoms with Crippen molar-refractivity contribution in [3.8, 4) is 0 Å². The summed E-state index contributed by atoms with van der Waals surface area (Å²) in [5.41, 5.74) is 0.748. The standard InChI is InChI=1S/C14H10Cl2N2O4S/c1-18-11-6-9(16)13(7-12(11)22-14(18)19)23(20,21)17-10-5-3-2-4-8(10)15/h2-7,17H,1H3. The number of hydrogen-bond acceptors (Lipinski definition) is 4. The first-order valence-electron chi connectivity index (χ1n) is 6.36. The molecule has 0 aliphatic rings. The number of halogens is 2. The Labute approximate surface area is 141 Å². The van der Waals surface area contributed by atoms with E-state index in [1.54, 1.807) is 18.2 Å². The number of nitrogens with zero attached hydrogens (tertiary/aromatic N) is 1. The number of fused-ring (bicyclic) bond motifs is 1. The highest BCUT2D eigenvalue weighted by Gasteiger charge is 2.22. The van der Waals surface area contributed by atoms with E-state index in [0.29, 0.717) is 5.52 Å². The summed E-state index contributed by atoms with van der Waals surface area (Å²) in [6.45, 7) is 0. The second-order valence-corrected chi connectivity index (χ2v) is 7.23. The van der Waals surface area contributed by atoms with E-state index in [2.05, 4.69) is 4.72 Å². The Morgan fingerprint density at radius 1 is 1.13 bits per heavy atom. The topological polar surface area (TPSA) is 81.3 Å². The second kappa shape index (κ2) is 5.59. The monoisotopic (exact) mass is 372 g/mol. The summed E-state index contributed by atoms with van der Waals surface area (Å²) in [5, 5.41) is 0.216. The number of anilines is 1. The van der Waals surface area contributed by atoms with Crippen LogP contribution in [-0.2, 0) is 17.1 Å². The van der Waals surface area contributed by atoms with Crippen molar-refractivity contribution in [3.05, 3.63) is 57.0 Å². The van der Waals surface area contributed by atoms with E-state index in [1.807, 2.05) is 0 Å². The molecule has 0 spiro atoms. The third-order valence-corrected chi connectivity index (χ3v) is 5.41. The molecule has 3 aromatic rings. The molecule has 0 fully saturated rings. The van der Waals surface area contributed by atoms with E-state index in [1.165, 1.54) is 29.8 Å². The van der Waals surface area contributed by atoms with Gasteiger partial charge in [0.05, 0.1) is 21.2 Å². The van der Waals surface area contributed by atoms with E-state index in [9.17, 15) is 13.2 Å². The summed E-state index contributed by atoms with van der Waals surface area (Å²) < 4.78 is 33.6. The zero-order chi connectivity index (χ0) is 16.8. The van der Waals surface area contributed by atoms with Crippen LogP contribution in [0.2, 0.25) is 10.0 Å². The molecule has 0 atom stereocenters. The molecule has 0 saturated heterocycles. The van der Waals surface area contributed by atoms with E-state index in [-0.39, 0.29) is 26.2 Å². The summed E-state index contributed by atoms with van der Waals surface area (Å²) in [4.78, 5) is 11.3. The molecule has 0 unspecified atom stereocenters. The van der Waals surface area contributed by atoms with Crippen molar-refractivity contribution < 1.29 is 12.8 Å². The van der Waals surface area contributed by atoms with E-state index >= 15 is 0 Å². The third kappa shape index (κ3) is 2.83. The predicted molar refractivity (Wildman–Crippen MR) is 88.7 cm³/mol. The Hall–Kier alpha value is -1.96. The van der Waals surface area contributed by atoms with Crippen molar-refractivity contribution >= 4 is 50.0 Å². The first-order chi connectivity index (χ1) is 10.8. The van der Waals surface area contributed by atoms with Gasteiger partial charge in [-0.2, -0.15) is 0 Å². The van der Waals surface area contributed by atoms with Gasteiger partial charge in [-0.15, -0.1) is 0 Å². The molecule has 2 aromatic carbocycles. The molecule has 9 heteroatoms. The highest BCUT2D eigenvalue weighted by molar-refractivity contribution is 7.92. The van der Waals surface area contributed by atoms with Gasteiger partial charge in [0.25, 0.3) is 10.0 Å². The smallest absolute Gasteiger partial charge is 0.408 e. The number of hydrogen-bond donors (Lipinski definition) is 1. The average molecular weight is 373 g/mol. The van der Waals surface area contributed by atoms with Crippen LogP contribution in [0.3, 0.4) is 0 Å². The quantitative estimate of drug-likeness (QED) is 0.764. The highest BCUT2D eigenvalue weighted by atomic mass is 35.5. The van der Waals surface area contributed by atoms with Gasteiger partial charge >= 0.3 is 5.76 Å². The minimum Gasteiger partial charge on any atom is -0.408 e. The Balaban J connectivity index is 2.13. The number of rotatable bonds is 3. The summed E-state index contributed by atoms with van der Waals surface area (Å²) >= 11 is 12.0. The maximum absolute atomic E-state index is 12.5. The number of para-hydroxylation sites is 1. The fourth-order valence-electron chi connectivity index (χ4n) is 2.08. The average Bonchev–Trinajstić information content (AvgIpc) is 2.76.